The Balaban J connectivity index is 4.74. The highest BCUT2D eigenvalue weighted by atomic mass is 19.4. The van der Waals surface area contributed by atoms with Crippen LogP contribution >= 0.6 is 0 Å². The summed E-state index contributed by atoms with van der Waals surface area (Å²) < 4.78 is 71.0. The Labute approximate surface area is 75.1 Å². The molecule has 2 N–H and O–H groups in total. The SMILES string of the molecule is OC(CF)CC(O)(C(F)F)C(F)(F)F. The van der Waals surface area contributed by atoms with E-state index < -0.39 is 37.4 Å². The van der Waals surface area contributed by atoms with Crippen molar-refractivity contribution >= 4 is 0 Å². The molecule has 0 rings (SSSR count). The third-order valence-corrected chi connectivity index (χ3v) is 1.58. The van der Waals surface area contributed by atoms with Gasteiger partial charge < -0.3 is 10.2 Å². The van der Waals surface area contributed by atoms with Crippen molar-refractivity contribution in [3.05, 3.63) is 0 Å². The van der Waals surface area contributed by atoms with E-state index in [1.54, 1.807) is 0 Å². The first kappa shape index (κ1) is 13.5. The minimum atomic E-state index is -5.61. The average molecular weight is 226 g/mol. The number of aliphatic hydroxyl groups is 2. The number of hydrogen-bond donors (Lipinski definition) is 2. The summed E-state index contributed by atoms with van der Waals surface area (Å²) in [5, 5.41) is 17.0. The van der Waals surface area contributed by atoms with Gasteiger partial charge in [0.1, 0.15) is 6.67 Å². The molecule has 0 heterocycles. The maximum atomic E-state index is 11.9. The summed E-state index contributed by atoms with van der Waals surface area (Å²) in [6.07, 6.45) is -13.8. The van der Waals surface area contributed by atoms with E-state index in [0.717, 1.165) is 0 Å². The van der Waals surface area contributed by atoms with Crippen molar-refractivity contribution in [1.82, 2.24) is 0 Å². The number of halogens is 6. The monoisotopic (exact) mass is 226 g/mol. The Bertz CT molecular complexity index is 182. The molecule has 0 spiro atoms. The van der Waals surface area contributed by atoms with E-state index in [1.165, 1.54) is 0 Å². The Hall–Kier alpha value is -0.500. The molecule has 0 amide bonds. The van der Waals surface area contributed by atoms with Gasteiger partial charge in [-0.05, 0) is 0 Å². The first-order chi connectivity index (χ1) is 6.15. The summed E-state index contributed by atoms with van der Waals surface area (Å²) >= 11 is 0. The standard InChI is InChI=1S/C6H8F6O2/c7-2-3(13)1-5(14,4(8)9)6(10,11)12/h3-4,13-14H,1-2H2. The highest BCUT2D eigenvalue weighted by Gasteiger charge is 2.60. The maximum absolute atomic E-state index is 11.9. The molecular formula is C6H8F6O2. The molecule has 0 bridgehead atoms. The molecule has 2 unspecified atom stereocenters. The smallest absolute Gasteiger partial charge is 0.390 e. The van der Waals surface area contributed by atoms with E-state index >= 15 is 0 Å². The lowest BCUT2D eigenvalue weighted by atomic mass is 9.96. The van der Waals surface area contributed by atoms with Crippen LogP contribution in [0.3, 0.4) is 0 Å². The van der Waals surface area contributed by atoms with Crippen LogP contribution in [0, 0.1) is 0 Å². The molecule has 0 aromatic carbocycles. The average Bonchev–Trinajstić information content (AvgIpc) is 2.01. The Morgan fingerprint density at radius 2 is 1.57 bits per heavy atom. The van der Waals surface area contributed by atoms with Crippen LogP contribution in [0.25, 0.3) is 0 Å². The van der Waals surface area contributed by atoms with Gasteiger partial charge in [-0.25, -0.2) is 13.2 Å². The molecule has 2 nitrogen and oxygen atoms in total. The predicted octanol–water partition coefficient (Wildman–Crippen LogP) is 1.27. The van der Waals surface area contributed by atoms with Gasteiger partial charge in [-0.15, -0.1) is 0 Å². The molecule has 0 aromatic rings. The summed E-state index contributed by atoms with van der Waals surface area (Å²) in [6.45, 7) is -1.63. The predicted molar refractivity (Wildman–Crippen MR) is 33.6 cm³/mol. The fourth-order valence-corrected chi connectivity index (χ4v) is 0.742. The summed E-state index contributed by atoms with van der Waals surface area (Å²) in [6, 6.07) is 0. The Kier molecular flexibility index (Phi) is 4.19. The first-order valence-electron chi connectivity index (χ1n) is 3.46. The van der Waals surface area contributed by atoms with Crippen molar-refractivity contribution in [2.24, 2.45) is 0 Å². The zero-order valence-electron chi connectivity index (χ0n) is 6.73. The Morgan fingerprint density at radius 3 is 1.79 bits per heavy atom. The van der Waals surface area contributed by atoms with Gasteiger partial charge in [-0.3, -0.25) is 0 Å². The minimum absolute atomic E-state index is 1.63. The fourth-order valence-electron chi connectivity index (χ4n) is 0.742. The van der Waals surface area contributed by atoms with E-state index in [2.05, 4.69) is 0 Å². The van der Waals surface area contributed by atoms with Crippen molar-refractivity contribution in [1.29, 1.82) is 0 Å². The van der Waals surface area contributed by atoms with Crippen molar-refractivity contribution < 1.29 is 36.6 Å². The van der Waals surface area contributed by atoms with Gasteiger partial charge in [0.05, 0.1) is 6.10 Å². The van der Waals surface area contributed by atoms with Gasteiger partial charge in [0, 0.05) is 6.42 Å². The van der Waals surface area contributed by atoms with E-state index in [-0.39, 0.29) is 0 Å². The second-order valence-corrected chi connectivity index (χ2v) is 2.73. The highest BCUT2D eigenvalue weighted by Crippen LogP contribution is 2.38. The molecule has 0 saturated carbocycles. The minimum Gasteiger partial charge on any atom is -0.390 e. The van der Waals surface area contributed by atoms with Gasteiger partial charge >= 0.3 is 6.18 Å². The van der Waals surface area contributed by atoms with E-state index in [1.807, 2.05) is 0 Å². The summed E-state index contributed by atoms with van der Waals surface area (Å²) in [5.74, 6) is 0. The van der Waals surface area contributed by atoms with Crippen LogP contribution in [0.1, 0.15) is 6.42 Å². The summed E-state index contributed by atoms with van der Waals surface area (Å²) in [4.78, 5) is 0. The van der Waals surface area contributed by atoms with Crippen LogP contribution in [-0.4, -0.2) is 41.2 Å². The molecule has 14 heavy (non-hydrogen) atoms. The van der Waals surface area contributed by atoms with Crippen LogP contribution in [0.5, 0.6) is 0 Å². The number of alkyl halides is 6. The quantitative estimate of drug-likeness (QED) is 0.708. The second kappa shape index (κ2) is 4.35. The van der Waals surface area contributed by atoms with Gasteiger partial charge in [0.15, 0.2) is 0 Å². The van der Waals surface area contributed by atoms with E-state index in [9.17, 15) is 26.3 Å². The van der Waals surface area contributed by atoms with Crippen molar-refractivity contribution in [3.8, 4) is 0 Å². The van der Waals surface area contributed by atoms with E-state index in [0.29, 0.717) is 0 Å². The highest BCUT2D eigenvalue weighted by molar-refractivity contribution is 4.91. The van der Waals surface area contributed by atoms with Crippen LogP contribution in [0.4, 0.5) is 26.3 Å². The lowest BCUT2D eigenvalue weighted by Crippen LogP contribution is -2.53. The molecule has 0 saturated heterocycles. The van der Waals surface area contributed by atoms with Gasteiger partial charge in [0.2, 0.25) is 5.60 Å². The van der Waals surface area contributed by atoms with Crippen LogP contribution in [0.2, 0.25) is 0 Å². The van der Waals surface area contributed by atoms with E-state index in [4.69, 9.17) is 10.2 Å². The zero-order valence-corrected chi connectivity index (χ0v) is 6.73. The summed E-state index contributed by atoms with van der Waals surface area (Å²) in [7, 11) is 0. The maximum Gasteiger partial charge on any atom is 0.422 e. The molecule has 0 radical (unpaired) electrons. The molecular weight excluding hydrogens is 218 g/mol. The number of aliphatic hydroxyl groups excluding tert-OH is 1. The Morgan fingerprint density at radius 1 is 1.14 bits per heavy atom. The second-order valence-electron chi connectivity index (χ2n) is 2.73. The third kappa shape index (κ3) is 2.74. The third-order valence-electron chi connectivity index (χ3n) is 1.58. The topological polar surface area (TPSA) is 40.5 Å². The molecule has 86 valence electrons. The van der Waals surface area contributed by atoms with Gasteiger partial charge in [0.25, 0.3) is 6.43 Å². The van der Waals surface area contributed by atoms with Crippen molar-refractivity contribution in [2.75, 3.05) is 6.67 Å². The van der Waals surface area contributed by atoms with Crippen molar-refractivity contribution in [3.63, 3.8) is 0 Å². The number of rotatable bonds is 4. The molecule has 0 aliphatic rings. The van der Waals surface area contributed by atoms with Crippen LogP contribution in [-0.2, 0) is 0 Å². The number of hydrogen-bond acceptors (Lipinski definition) is 2. The van der Waals surface area contributed by atoms with Gasteiger partial charge in [-0.1, -0.05) is 0 Å². The van der Waals surface area contributed by atoms with Gasteiger partial charge in [-0.2, -0.15) is 13.2 Å². The lowest BCUT2D eigenvalue weighted by Gasteiger charge is -2.30. The fraction of sp³-hybridized carbons (Fsp3) is 1.00. The zero-order chi connectivity index (χ0) is 11.6. The molecule has 2 atom stereocenters. The largest absolute Gasteiger partial charge is 0.422 e. The normalized spacial score (nSPS) is 19.5. The summed E-state index contributed by atoms with van der Waals surface area (Å²) in [5.41, 5.74) is -4.36. The van der Waals surface area contributed by atoms with Crippen molar-refractivity contribution in [2.45, 2.75) is 30.7 Å². The first-order valence-corrected chi connectivity index (χ1v) is 3.46. The molecule has 0 aliphatic heterocycles. The molecule has 8 heteroatoms. The molecule has 0 aromatic heterocycles. The van der Waals surface area contributed by atoms with Crippen LogP contribution in [0.15, 0.2) is 0 Å². The lowest BCUT2D eigenvalue weighted by molar-refractivity contribution is -0.306. The van der Waals surface area contributed by atoms with Crippen LogP contribution < -0.4 is 0 Å². The molecule has 0 fully saturated rings. The molecule has 0 aliphatic carbocycles.